The van der Waals surface area contributed by atoms with E-state index >= 15 is 0 Å². The Hall–Kier alpha value is -1.26. The fourth-order valence-electron chi connectivity index (χ4n) is 5.45. The quantitative estimate of drug-likeness (QED) is 0.700. The highest BCUT2D eigenvalue weighted by atomic mass is 16.5. The van der Waals surface area contributed by atoms with E-state index in [0.29, 0.717) is 11.3 Å². The molecule has 4 rings (SSSR count). The summed E-state index contributed by atoms with van der Waals surface area (Å²) in [5.41, 5.74) is 3.50. The largest absolute Gasteiger partial charge is 0.497 e. The van der Waals surface area contributed by atoms with Gasteiger partial charge >= 0.3 is 0 Å². The summed E-state index contributed by atoms with van der Waals surface area (Å²) in [5, 5.41) is 0. The maximum atomic E-state index is 5.59. The normalized spacial score (nSPS) is 24.6. The van der Waals surface area contributed by atoms with E-state index in [2.05, 4.69) is 41.8 Å². The minimum absolute atomic E-state index is 0.513. The molecule has 3 fully saturated rings. The topological polar surface area (TPSA) is 24.9 Å². The van der Waals surface area contributed by atoms with Crippen molar-refractivity contribution in [3.05, 3.63) is 23.8 Å². The lowest BCUT2D eigenvalue weighted by Gasteiger charge is -2.41. The monoisotopic (exact) mass is 400 g/mol. The molecule has 0 amide bonds. The van der Waals surface area contributed by atoms with Crippen LogP contribution in [0.2, 0.25) is 0 Å². The Labute approximate surface area is 177 Å². The molecule has 0 aromatic heterocycles. The van der Waals surface area contributed by atoms with E-state index in [1.807, 2.05) is 0 Å². The molecule has 0 radical (unpaired) electrons. The molecular weight excluding hydrogens is 360 g/mol. The van der Waals surface area contributed by atoms with Gasteiger partial charge in [0.2, 0.25) is 0 Å². The summed E-state index contributed by atoms with van der Waals surface area (Å²) in [7, 11) is 1.79. The predicted molar refractivity (Wildman–Crippen MR) is 120 cm³/mol. The molecule has 1 aliphatic carbocycles. The van der Waals surface area contributed by atoms with Crippen molar-refractivity contribution in [2.75, 3.05) is 57.9 Å². The van der Waals surface area contributed by atoms with Crippen LogP contribution in [0, 0.1) is 11.3 Å². The molecule has 162 valence electrons. The Morgan fingerprint density at radius 1 is 1.00 bits per heavy atom. The van der Waals surface area contributed by atoms with Gasteiger partial charge < -0.3 is 14.4 Å². The summed E-state index contributed by atoms with van der Waals surface area (Å²) in [4.78, 5) is 5.30. The number of benzene rings is 1. The molecule has 0 unspecified atom stereocenters. The summed E-state index contributed by atoms with van der Waals surface area (Å²) in [6.45, 7) is 12.6. The molecular formula is C25H40N2O2. The Balaban J connectivity index is 1.42. The number of methoxy groups -OCH3 is 1. The van der Waals surface area contributed by atoms with Gasteiger partial charge in [-0.3, -0.25) is 4.90 Å². The van der Waals surface area contributed by atoms with E-state index in [1.165, 1.54) is 63.8 Å². The Kier molecular flexibility index (Phi) is 6.70. The molecule has 1 saturated carbocycles. The maximum absolute atomic E-state index is 5.59. The zero-order valence-corrected chi connectivity index (χ0v) is 18.8. The first-order valence-electron chi connectivity index (χ1n) is 11.8. The van der Waals surface area contributed by atoms with Crippen LogP contribution in [0.5, 0.6) is 5.75 Å². The third-order valence-electron chi connectivity index (χ3n) is 7.59. The lowest BCUT2D eigenvalue weighted by molar-refractivity contribution is 0.0517. The van der Waals surface area contributed by atoms with Gasteiger partial charge in [-0.25, -0.2) is 0 Å². The van der Waals surface area contributed by atoms with Crippen LogP contribution in [-0.2, 0) is 4.74 Å². The van der Waals surface area contributed by atoms with Gasteiger partial charge in [-0.2, -0.15) is 0 Å². The van der Waals surface area contributed by atoms with Gasteiger partial charge in [0.25, 0.3) is 0 Å². The summed E-state index contributed by atoms with van der Waals surface area (Å²) in [6.07, 6.45) is 7.77. The van der Waals surface area contributed by atoms with Crippen LogP contribution in [0.15, 0.2) is 18.2 Å². The molecule has 4 heteroatoms. The van der Waals surface area contributed by atoms with E-state index < -0.39 is 0 Å². The fourth-order valence-corrected chi connectivity index (χ4v) is 5.45. The van der Waals surface area contributed by atoms with Crippen molar-refractivity contribution in [2.45, 2.75) is 58.3 Å². The number of rotatable bonds is 5. The average molecular weight is 401 g/mol. The Morgan fingerprint density at radius 3 is 2.34 bits per heavy atom. The number of nitrogens with zero attached hydrogens (tertiary/aromatic N) is 2. The number of ether oxygens (including phenoxy) is 2. The molecule has 0 atom stereocenters. The van der Waals surface area contributed by atoms with Gasteiger partial charge in [0.05, 0.1) is 7.11 Å². The van der Waals surface area contributed by atoms with Crippen LogP contribution in [0.4, 0.5) is 5.69 Å². The lowest BCUT2D eigenvalue weighted by atomic mass is 9.71. The first kappa shape index (κ1) is 21.0. The van der Waals surface area contributed by atoms with Gasteiger partial charge in [-0.1, -0.05) is 19.9 Å². The zero-order chi connectivity index (χ0) is 20.3. The third kappa shape index (κ3) is 5.27. The highest BCUT2D eigenvalue weighted by Crippen LogP contribution is 2.45. The van der Waals surface area contributed by atoms with Crippen molar-refractivity contribution in [1.29, 1.82) is 0 Å². The first-order chi connectivity index (χ1) is 14.0. The minimum atomic E-state index is 0.513. The van der Waals surface area contributed by atoms with Crippen LogP contribution >= 0.6 is 0 Å². The molecule has 0 bridgehead atoms. The number of anilines is 1. The summed E-state index contributed by atoms with van der Waals surface area (Å²) >= 11 is 0. The second-order valence-electron chi connectivity index (χ2n) is 10.2. The number of piperazine rings is 1. The lowest BCUT2D eigenvalue weighted by Crippen LogP contribution is -2.48. The van der Waals surface area contributed by atoms with Crippen molar-refractivity contribution < 1.29 is 9.47 Å². The zero-order valence-electron chi connectivity index (χ0n) is 18.8. The standard InChI is InChI=1S/C25H40N2O2/c1-25(2)10-6-21(7-11-25)23-5-4-22(28-3)18-24(23)27-14-12-26(13-15-27)19-20-8-16-29-17-9-20/h4-5,18,20-21H,6-17,19H2,1-3H3. The predicted octanol–water partition coefficient (Wildman–Crippen LogP) is 4.93. The average Bonchev–Trinajstić information content (AvgIpc) is 2.75. The van der Waals surface area contributed by atoms with Gasteiger partial charge in [0, 0.05) is 57.7 Å². The van der Waals surface area contributed by atoms with Crippen LogP contribution in [-0.4, -0.2) is 57.9 Å². The van der Waals surface area contributed by atoms with Crippen molar-refractivity contribution in [3.63, 3.8) is 0 Å². The van der Waals surface area contributed by atoms with E-state index in [4.69, 9.17) is 9.47 Å². The fraction of sp³-hybridized carbons (Fsp3) is 0.760. The highest BCUT2D eigenvalue weighted by molar-refractivity contribution is 5.59. The second kappa shape index (κ2) is 9.26. The summed E-state index contributed by atoms with van der Waals surface area (Å²) in [6, 6.07) is 6.81. The van der Waals surface area contributed by atoms with Crippen molar-refractivity contribution in [3.8, 4) is 5.75 Å². The summed E-state index contributed by atoms with van der Waals surface area (Å²) in [5.74, 6) is 2.52. The molecule has 2 aliphatic heterocycles. The van der Waals surface area contributed by atoms with Crippen LogP contribution in [0.3, 0.4) is 0 Å². The maximum Gasteiger partial charge on any atom is 0.120 e. The Bertz CT molecular complexity index is 651. The first-order valence-corrected chi connectivity index (χ1v) is 11.8. The van der Waals surface area contributed by atoms with Gasteiger partial charge in [0.1, 0.15) is 5.75 Å². The second-order valence-corrected chi connectivity index (χ2v) is 10.2. The molecule has 1 aromatic rings. The third-order valence-corrected chi connectivity index (χ3v) is 7.59. The van der Waals surface area contributed by atoms with Crippen molar-refractivity contribution in [2.24, 2.45) is 11.3 Å². The molecule has 0 N–H and O–H groups in total. The number of hydrogen-bond acceptors (Lipinski definition) is 4. The Morgan fingerprint density at radius 2 is 1.69 bits per heavy atom. The van der Waals surface area contributed by atoms with E-state index in [-0.39, 0.29) is 0 Å². The smallest absolute Gasteiger partial charge is 0.120 e. The SMILES string of the molecule is COc1ccc(C2CCC(C)(C)CC2)c(N2CCN(CC3CCOCC3)CC2)c1. The van der Waals surface area contributed by atoms with E-state index in [9.17, 15) is 0 Å². The van der Waals surface area contributed by atoms with Crippen molar-refractivity contribution >= 4 is 5.69 Å². The molecule has 2 heterocycles. The van der Waals surface area contributed by atoms with Crippen LogP contribution < -0.4 is 9.64 Å². The molecule has 3 aliphatic rings. The number of hydrogen-bond donors (Lipinski definition) is 0. The van der Waals surface area contributed by atoms with Crippen molar-refractivity contribution in [1.82, 2.24) is 4.90 Å². The van der Waals surface area contributed by atoms with Gasteiger partial charge in [-0.05, 0) is 67.4 Å². The molecule has 1 aromatic carbocycles. The molecule has 4 nitrogen and oxygen atoms in total. The molecule has 29 heavy (non-hydrogen) atoms. The minimum Gasteiger partial charge on any atom is -0.497 e. The molecule has 0 spiro atoms. The van der Waals surface area contributed by atoms with E-state index in [1.54, 1.807) is 12.7 Å². The van der Waals surface area contributed by atoms with Crippen LogP contribution in [0.1, 0.15) is 63.9 Å². The van der Waals surface area contributed by atoms with Gasteiger partial charge in [0.15, 0.2) is 0 Å². The van der Waals surface area contributed by atoms with E-state index in [0.717, 1.165) is 38.0 Å². The summed E-state index contributed by atoms with van der Waals surface area (Å²) < 4.78 is 11.1. The molecule has 2 saturated heterocycles. The van der Waals surface area contributed by atoms with Gasteiger partial charge in [-0.15, -0.1) is 0 Å². The van der Waals surface area contributed by atoms with Crippen LogP contribution in [0.25, 0.3) is 0 Å². The highest BCUT2D eigenvalue weighted by Gasteiger charge is 2.30.